The Morgan fingerprint density at radius 2 is 1.62 bits per heavy atom. The number of hydrogen-bond acceptors (Lipinski definition) is 8. The number of rotatable bonds is 5. The molecule has 1 heterocycles. The van der Waals surface area contributed by atoms with Gasteiger partial charge in [0, 0.05) is 38.2 Å². The molecule has 0 spiro atoms. The van der Waals surface area contributed by atoms with E-state index in [9.17, 15) is 19.5 Å². The van der Waals surface area contributed by atoms with Crippen LogP contribution < -0.4 is 0 Å². The molecule has 2 saturated carbocycles. The van der Waals surface area contributed by atoms with Crippen molar-refractivity contribution in [1.82, 2.24) is 0 Å². The lowest BCUT2D eigenvalue weighted by Crippen LogP contribution is -2.56. The largest absolute Gasteiger partial charge is 0.462 e. The van der Waals surface area contributed by atoms with Crippen LogP contribution in [0.2, 0.25) is 0 Å². The highest BCUT2D eigenvalue weighted by molar-refractivity contribution is 5.87. The number of epoxide rings is 1. The van der Waals surface area contributed by atoms with Gasteiger partial charge in [0.2, 0.25) is 0 Å². The highest BCUT2D eigenvalue weighted by Gasteiger charge is 2.77. The molecule has 180 valence electrons. The smallest absolute Gasteiger partial charge is 0.333 e. The Kier molecular flexibility index (Phi) is 6.28. The van der Waals surface area contributed by atoms with Crippen molar-refractivity contribution in [2.45, 2.75) is 104 Å². The minimum absolute atomic E-state index is 0.142. The van der Waals surface area contributed by atoms with Gasteiger partial charge in [0.05, 0.1) is 16.6 Å². The van der Waals surface area contributed by atoms with E-state index in [4.69, 9.17) is 18.9 Å². The zero-order valence-corrected chi connectivity index (χ0v) is 20.3. The van der Waals surface area contributed by atoms with Gasteiger partial charge in [0.1, 0.15) is 24.4 Å². The summed E-state index contributed by atoms with van der Waals surface area (Å²) in [5.41, 5.74) is -2.60. The molecule has 1 aliphatic heterocycles. The molecule has 1 N–H and O–H groups in total. The molecule has 0 aromatic rings. The molecule has 8 nitrogen and oxygen atoms in total. The maximum atomic E-state index is 12.8. The van der Waals surface area contributed by atoms with Crippen LogP contribution in [0.1, 0.15) is 68.2 Å². The van der Waals surface area contributed by atoms with Crippen LogP contribution in [0, 0.1) is 17.3 Å². The standard InChI is InChI=1S/C24H36O8/c1-9-13(4)21(27)31-16-10-22(7)19(32-22)20(30-15(6)26)23(8)17(29-14(5)25)11-24(28,12(2)3)18(16)23/h9,12,16-20,28H,10-11H2,1-8H3/b13-9+/t16-,17-,18+,19-,20+,22+,23-,24-/m1/s1. The van der Waals surface area contributed by atoms with E-state index >= 15 is 0 Å². The van der Waals surface area contributed by atoms with Gasteiger partial charge in [-0.3, -0.25) is 9.59 Å². The van der Waals surface area contributed by atoms with Crippen LogP contribution in [-0.2, 0) is 33.3 Å². The topological polar surface area (TPSA) is 112 Å². The number of fused-ring (bicyclic) bond motifs is 2. The maximum Gasteiger partial charge on any atom is 0.333 e. The molecule has 0 bridgehead atoms. The maximum absolute atomic E-state index is 12.8. The predicted octanol–water partition coefficient (Wildman–Crippen LogP) is 2.70. The number of carbonyl (C=O) groups excluding carboxylic acids is 3. The van der Waals surface area contributed by atoms with Gasteiger partial charge in [-0.05, 0) is 26.7 Å². The second kappa shape index (κ2) is 8.13. The van der Waals surface area contributed by atoms with E-state index < -0.39 is 64.9 Å². The van der Waals surface area contributed by atoms with Crippen LogP contribution in [0.3, 0.4) is 0 Å². The van der Waals surface area contributed by atoms with Crippen molar-refractivity contribution >= 4 is 17.9 Å². The van der Waals surface area contributed by atoms with Crippen molar-refractivity contribution in [3.63, 3.8) is 0 Å². The summed E-state index contributed by atoms with van der Waals surface area (Å²) in [6.45, 7) is 13.6. The molecule has 1 saturated heterocycles. The molecule has 3 rings (SSSR count). The van der Waals surface area contributed by atoms with Gasteiger partial charge in [-0.1, -0.05) is 26.8 Å². The van der Waals surface area contributed by atoms with E-state index in [1.54, 1.807) is 19.9 Å². The number of esters is 3. The summed E-state index contributed by atoms with van der Waals surface area (Å²) in [4.78, 5) is 36.9. The van der Waals surface area contributed by atoms with E-state index in [2.05, 4.69) is 0 Å². The van der Waals surface area contributed by atoms with Crippen molar-refractivity contribution in [2.75, 3.05) is 0 Å². The van der Waals surface area contributed by atoms with Crippen molar-refractivity contribution < 1.29 is 38.4 Å². The predicted molar refractivity (Wildman–Crippen MR) is 114 cm³/mol. The van der Waals surface area contributed by atoms with E-state index in [0.717, 1.165) is 0 Å². The van der Waals surface area contributed by atoms with Gasteiger partial charge in [0.25, 0.3) is 0 Å². The molecule has 2 aliphatic carbocycles. The summed E-state index contributed by atoms with van der Waals surface area (Å²) in [7, 11) is 0. The van der Waals surface area contributed by atoms with E-state index in [-0.39, 0.29) is 12.3 Å². The average Bonchev–Trinajstić information content (AvgIpc) is 3.27. The Morgan fingerprint density at radius 3 is 2.12 bits per heavy atom. The molecule has 3 aliphatic rings. The molecular formula is C24H36O8. The third-order valence-corrected chi connectivity index (χ3v) is 7.84. The average molecular weight is 453 g/mol. The lowest BCUT2D eigenvalue weighted by molar-refractivity contribution is -0.191. The molecule has 8 atom stereocenters. The summed E-state index contributed by atoms with van der Waals surface area (Å²) in [6.07, 6.45) is -0.577. The first-order valence-electron chi connectivity index (χ1n) is 11.3. The molecule has 8 heteroatoms. The van der Waals surface area contributed by atoms with Gasteiger partial charge in [-0.15, -0.1) is 0 Å². The minimum Gasteiger partial charge on any atom is -0.462 e. The van der Waals surface area contributed by atoms with Crippen molar-refractivity contribution in [1.29, 1.82) is 0 Å². The molecule has 0 amide bonds. The fourth-order valence-electron chi connectivity index (χ4n) is 5.90. The van der Waals surface area contributed by atoms with E-state index in [0.29, 0.717) is 12.0 Å². The first-order chi connectivity index (χ1) is 14.7. The second-order valence-electron chi connectivity index (χ2n) is 10.3. The van der Waals surface area contributed by atoms with Gasteiger partial charge in [0.15, 0.2) is 0 Å². The number of carbonyl (C=O) groups is 3. The van der Waals surface area contributed by atoms with E-state index in [1.165, 1.54) is 13.8 Å². The monoisotopic (exact) mass is 452 g/mol. The third-order valence-electron chi connectivity index (χ3n) is 7.84. The van der Waals surface area contributed by atoms with Crippen molar-refractivity contribution in [3.05, 3.63) is 11.6 Å². The molecule has 3 fully saturated rings. The number of hydrogen-bond donors (Lipinski definition) is 1. The first-order valence-corrected chi connectivity index (χ1v) is 11.3. The SMILES string of the molecule is C/C=C(\C)C(=O)O[C@@H]1C[C@]2(C)O[C@@H]2[C@H](OC(C)=O)[C@]2(C)[C@H](OC(C)=O)C[C@@](O)(C(C)C)[C@@H]12. The van der Waals surface area contributed by atoms with Crippen LogP contribution in [-0.4, -0.2) is 58.6 Å². The number of allylic oxidation sites excluding steroid dienone is 1. The van der Waals surface area contributed by atoms with Crippen LogP contribution in [0.25, 0.3) is 0 Å². The summed E-state index contributed by atoms with van der Waals surface area (Å²) in [5.74, 6) is -2.35. The third kappa shape index (κ3) is 3.85. The van der Waals surface area contributed by atoms with Gasteiger partial charge < -0.3 is 24.1 Å². The summed E-state index contributed by atoms with van der Waals surface area (Å²) in [5, 5.41) is 12.0. The Hall–Kier alpha value is -1.93. The first kappa shape index (κ1) is 24.7. The molecule has 0 unspecified atom stereocenters. The fourth-order valence-corrected chi connectivity index (χ4v) is 5.90. The van der Waals surface area contributed by atoms with Crippen LogP contribution in [0.4, 0.5) is 0 Å². The summed E-state index contributed by atoms with van der Waals surface area (Å²) < 4.78 is 23.5. The van der Waals surface area contributed by atoms with Crippen molar-refractivity contribution in [2.24, 2.45) is 17.3 Å². The number of ether oxygens (including phenoxy) is 4. The second-order valence-corrected chi connectivity index (χ2v) is 10.3. The Bertz CT molecular complexity index is 834. The molecule has 32 heavy (non-hydrogen) atoms. The fraction of sp³-hybridized carbons (Fsp3) is 0.792. The Balaban J connectivity index is 2.19. The lowest BCUT2D eigenvalue weighted by atomic mass is 9.66. The normalized spacial score (nSPS) is 43.1. The van der Waals surface area contributed by atoms with Crippen molar-refractivity contribution in [3.8, 4) is 0 Å². The summed E-state index contributed by atoms with van der Waals surface area (Å²) in [6, 6.07) is 0. The van der Waals surface area contributed by atoms with E-state index in [1.807, 2.05) is 27.7 Å². The Morgan fingerprint density at radius 1 is 1.03 bits per heavy atom. The lowest BCUT2D eigenvalue weighted by Gasteiger charge is -2.46. The number of aliphatic hydroxyl groups is 1. The molecule has 0 radical (unpaired) electrons. The van der Waals surface area contributed by atoms with Crippen LogP contribution >= 0.6 is 0 Å². The highest BCUT2D eigenvalue weighted by atomic mass is 16.7. The Labute approximate surface area is 189 Å². The quantitative estimate of drug-likeness (QED) is 0.293. The van der Waals surface area contributed by atoms with Gasteiger partial charge in [-0.25, -0.2) is 4.79 Å². The summed E-state index contributed by atoms with van der Waals surface area (Å²) >= 11 is 0. The molecule has 0 aromatic carbocycles. The zero-order valence-electron chi connectivity index (χ0n) is 20.3. The molecule has 0 aromatic heterocycles. The molecular weight excluding hydrogens is 416 g/mol. The van der Waals surface area contributed by atoms with Gasteiger partial charge >= 0.3 is 17.9 Å². The van der Waals surface area contributed by atoms with Gasteiger partial charge in [-0.2, -0.15) is 0 Å². The minimum atomic E-state index is -1.32. The highest BCUT2D eigenvalue weighted by Crippen LogP contribution is 2.65. The van der Waals surface area contributed by atoms with Crippen LogP contribution in [0.5, 0.6) is 0 Å². The zero-order chi connectivity index (χ0) is 24.2. The van der Waals surface area contributed by atoms with Crippen LogP contribution in [0.15, 0.2) is 11.6 Å².